The zero-order chi connectivity index (χ0) is 56.3. The number of aromatic nitrogens is 6. The van der Waals surface area contributed by atoms with Crippen molar-refractivity contribution in [1.82, 2.24) is 29.5 Å². The van der Waals surface area contributed by atoms with Gasteiger partial charge in [-0.3, -0.25) is 9.13 Å². The molecule has 0 unspecified atom stereocenters. The first kappa shape index (κ1) is 51.9. The number of nitrogens with zero attached hydrogens (tertiary/aromatic N) is 8. The molecule has 0 aliphatic carbocycles. The van der Waals surface area contributed by atoms with Gasteiger partial charge in [0.2, 0.25) is 0 Å². The van der Waals surface area contributed by atoms with Gasteiger partial charge in [-0.1, -0.05) is 243 Å². The minimum Gasteiger partial charge on any atom is -0.311 e. The van der Waals surface area contributed by atoms with Crippen LogP contribution in [0.25, 0.3) is 79.2 Å². The molecule has 2 heterocycles. The summed E-state index contributed by atoms with van der Waals surface area (Å²) in [4.78, 5) is 4.54. The molecule has 8 heteroatoms. The maximum atomic E-state index is 4.64. The Balaban J connectivity index is 0.000000157. The highest BCUT2D eigenvalue weighted by molar-refractivity contribution is 5.81. The molecular formula is C76H56N8. The number of rotatable bonds is 14. The minimum atomic E-state index is 0.809. The first-order valence-corrected chi connectivity index (χ1v) is 28.0. The molecule has 8 nitrogen and oxygen atoms in total. The van der Waals surface area contributed by atoms with E-state index in [2.05, 4.69) is 282 Å². The molecule has 400 valence electrons. The van der Waals surface area contributed by atoms with Crippen molar-refractivity contribution in [2.24, 2.45) is 0 Å². The molecule has 2 aromatic heterocycles. The Morgan fingerprint density at radius 1 is 0.167 bits per heavy atom. The van der Waals surface area contributed by atoms with Crippen molar-refractivity contribution in [3.8, 4) is 79.2 Å². The molecule has 0 bridgehead atoms. The summed E-state index contributed by atoms with van der Waals surface area (Å²) in [6.07, 6.45) is 0. The number of hydrogen-bond donors (Lipinski definition) is 0. The van der Waals surface area contributed by atoms with Crippen LogP contribution in [-0.2, 0) is 0 Å². The summed E-state index contributed by atoms with van der Waals surface area (Å²) in [7, 11) is 0. The van der Waals surface area contributed by atoms with E-state index in [1.54, 1.807) is 0 Å². The summed E-state index contributed by atoms with van der Waals surface area (Å²) < 4.78 is 4.25. The summed E-state index contributed by atoms with van der Waals surface area (Å²) in [6, 6.07) is 117. The molecule has 0 saturated heterocycles. The van der Waals surface area contributed by atoms with Gasteiger partial charge in [0.05, 0.1) is 0 Å². The highest BCUT2D eigenvalue weighted by Gasteiger charge is 2.20. The second-order valence-electron chi connectivity index (χ2n) is 20.0. The maximum Gasteiger partial charge on any atom is 0.168 e. The van der Waals surface area contributed by atoms with E-state index in [4.69, 9.17) is 0 Å². The van der Waals surface area contributed by atoms with Crippen LogP contribution < -0.4 is 9.80 Å². The van der Waals surface area contributed by atoms with Crippen molar-refractivity contribution in [1.29, 1.82) is 0 Å². The molecule has 14 rings (SSSR count). The second-order valence-corrected chi connectivity index (χ2v) is 20.0. The van der Waals surface area contributed by atoms with Gasteiger partial charge in [0, 0.05) is 67.8 Å². The highest BCUT2D eigenvalue weighted by atomic mass is 15.3. The van der Waals surface area contributed by atoms with Gasteiger partial charge < -0.3 is 9.80 Å². The predicted molar refractivity (Wildman–Crippen MR) is 345 cm³/mol. The zero-order valence-corrected chi connectivity index (χ0v) is 45.9. The summed E-state index contributed by atoms with van der Waals surface area (Å²) in [5.74, 6) is 3.25. The van der Waals surface area contributed by atoms with Crippen molar-refractivity contribution >= 4 is 34.1 Å². The average molecular weight is 1080 g/mol. The Hall–Kier alpha value is -11.5. The lowest BCUT2D eigenvalue weighted by molar-refractivity contribution is 1.07. The van der Waals surface area contributed by atoms with Crippen LogP contribution in [0.2, 0.25) is 0 Å². The van der Waals surface area contributed by atoms with Gasteiger partial charge >= 0.3 is 0 Å². The van der Waals surface area contributed by atoms with Gasteiger partial charge in [-0.05, 0) is 119 Å². The molecule has 0 fully saturated rings. The molecule has 0 radical (unpaired) electrons. The van der Waals surface area contributed by atoms with E-state index in [1.165, 1.54) is 0 Å². The lowest BCUT2D eigenvalue weighted by Gasteiger charge is -2.25. The van der Waals surface area contributed by atoms with Crippen LogP contribution in [0.1, 0.15) is 0 Å². The van der Waals surface area contributed by atoms with E-state index < -0.39 is 0 Å². The van der Waals surface area contributed by atoms with Gasteiger partial charge in [0.15, 0.2) is 23.3 Å². The van der Waals surface area contributed by atoms with E-state index >= 15 is 0 Å². The first-order valence-electron chi connectivity index (χ1n) is 28.0. The predicted octanol–water partition coefficient (Wildman–Crippen LogP) is 19.5. The monoisotopic (exact) mass is 1080 g/mol. The Morgan fingerprint density at radius 3 is 0.595 bits per heavy atom. The van der Waals surface area contributed by atoms with Gasteiger partial charge in [-0.25, -0.2) is 0 Å². The van der Waals surface area contributed by atoms with E-state index in [0.29, 0.717) is 0 Å². The van der Waals surface area contributed by atoms with Gasteiger partial charge in [-0.15, -0.1) is 20.4 Å². The molecule has 0 amide bonds. The summed E-state index contributed by atoms with van der Waals surface area (Å²) in [5, 5.41) is 18.5. The first-order chi connectivity index (χ1) is 41.7. The molecule has 0 aliphatic rings. The Bertz CT molecular complexity index is 3970. The SMILES string of the molecule is c1ccc(-c2nnc(-c3ccc(-c4ccc(N(c5ccccc5)c5ccccc5)cc4)cc3)n2-c2ccccc2)cc1.c1ccc(-c2nnc(-c3ccc(-c4ccc(N(c5ccccc5)c5ccccc5)cc4)cc3)n2-c2ccccc2)cc1. The third-order valence-electron chi connectivity index (χ3n) is 14.7. The Kier molecular flexibility index (Phi) is 15.1. The molecule has 0 spiro atoms. The standard InChI is InChI=1S/2C38H28N4/c2*1-5-13-31(14-6-1)37-39-40-38(42(37)35-19-11-4-12-20-35)32-23-21-29(22-24-32)30-25-27-36(28-26-30)41(33-15-7-2-8-16-33)34-17-9-3-10-18-34/h2*1-28H. The van der Waals surface area contributed by atoms with Crippen LogP contribution in [0.15, 0.2) is 340 Å². The number of anilines is 6. The molecule has 0 aliphatic heterocycles. The third kappa shape index (κ3) is 11.2. The summed E-state index contributed by atoms with van der Waals surface area (Å²) >= 11 is 0. The molecule has 0 atom stereocenters. The largest absolute Gasteiger partial charge is 0.311 e. The molecular weight excluding hydrogens is 1020 g/mol. The van der Waals surface area contributed by atoms with Gasteiger partial charge in [0.25, 0.3) is 0 Å². The van der Waals surface area contributed by atoms with Crippen LogP contribution in [0.5, 0.6) is 0 Å². The van der Waals surface area contributed by atoms with Gasteiger partial charge in [0.1, 0.15) is 0 Å². The number of hydrogen-bond acceptors (Lipinski definition) is 6. The van der Waals surface area contributed by atoms with Crippen LogP contribution in [-0.4, -0.2) is 29.5 Å². The van der Waals surface area contributed by atoms with Crippen LogP contribution in [0.3, 0.4) is 0 Å². The topological polar surface area (TPSA) is 67.9 Å². The van der Waals surface area contributed by atoms with Crippen LogP contribution in [0, 0.1) is 0 Å². The second kappa shape index (κ2) is 24.5. The molecule has 0 N–H and O–H groups in total. The van der Waals surface area contributed by atoms with Gasteiger partial charge in [-0.2, -0.15) is 0 Å². The smallest absolute Gasteiger partial charge is 0.168 e. The minimum absolute atomic E-state index is 0.809. The summed E-state index contributed by atoms with van der Waals surface area (Å²) in [5.41, 5.74) is 17.4. The van der Waals surface area contributed by atoms with E-state index in [1.807, 2.05) is 97.1 Å². The molecule has 14 aromatic rings. The van der Waals surface area contributed by atoms with E-state index in [9.17, 15) is 0 Å². The van der Waals surface area contributed by atoms with E-state index in [-0.39, 0.29) is 0 Å². The van der Waals surface area contributed by atoms with Crippen molar-refractivity contribution in [3.05, 3.63) is 340 Å². The molecule has 84 heavy (non-hydrogen) atoms. The fourth-order valence-corrected chi connectivity index (χ4v) is 10.6. The van der Waals surface area contributed by atoms with Crippen LogP contribution in [0.4, 0.5) is 34.1 Å². The lowest BCUT2D eigenvalue weighted by Crippen LogP contribution is -2.09. The fraction of sp³-hybridized carbons (Fsp3) is 0. The normalized spacial score (nSPS) is 10.9. The fourth-order valence-electron chi connectivity index (χ4n) is 10.6. The maximum absolute atomic E-state index is 4.64. The zero-order valence-electron chi connectivity index (χ0n) is 45.9. The number of para-hydroxylation sites is 6. The van der Waals surface area contributed by atoms with E-state index in [0.717, 1.165) is 113 Å². The highest BCUT2D eigenvalue weighted by Crippen LogP contribution is 2.39. The summed E-state index contributed by atoms with van der Waals surface area (Å²) in [6.45, 7) is 0. The van der Waals surface area contributed by atoms with Crippen molar-refractivity contribution in [2.45, 2.75) is 0 Å². The molecule has 12 aromatic carbocycles. The van der Waals surface area contributed by atoms with Crippen LogP contribution >= 0.6 is 0 Å². The number of benzene rings is 12. The van der Waals surface area contributed by atoms with Crippen molar-refractivity contribution in [3.63, 3.8) is 0 Å². The average Bonchev–Trinajstić information content (AvgIpc) is 4.41. The third-order valence-corrected chi connectivity index (χ3v) is 14.7. The Morgan fingerprint density at radius 2 is 0.345 bits per heavy atom. The van der Waals surface area contributed by atoms with Crippen molar-refractivity contribution < 1.29 is 0 Å². The molecule has 0 saturated carbocycles. The quantitative estimate of drug-likeness (QED) is 0.108. The van der Waals surface area contributed by atoms with Crippen molar-refractivity contribution in [2.75, 3.05) is 9.80 Å². The lowest BCUT2D eigenvalue weighted by atomic mass is 10.0. The Labute approximate surface area is 489 Å².